The van der Waals surface area contributed by atoms with Gasteiger partial charge in [0.25, 0.3) is 0 Å². The summed E-state index contributed by atoms with van der Waals surface area (Å²) in [6.45, 7) is -0.119. The zero-order valence-corrected chi connectivity index (χ0v) is 18.5. The smallest absolute Gasteiger partial charge is 0.244 e. The summed E-state index contributed by atoms with van der Waals surface area (Å²) in [5.74, 6) is -0.985. The number of H-pyrrole nitrogens is 1. The zero-order valence-electron chi connectivity index (χ0n) is 17.7. The molecule has 5 N–H and O–H groups in total. The number of aromatic nitrogens is 4. The van der Waals surface area contributed by atoms with E-state index in [1.165, 1.54) is 4.68 Å². The van der Waals surface area contributed by atoms with Gasteiger partial charge >= 0.3 is 0 Å². The van der Waals surface area contributed by atoms with E-state index in [0.717, 1.165) is 11.1 Å². The number of nitrogens with zero attached hydrogens (tertiary/aromatic N) is 4. The maximum Gasteiger partial charge on any atom is 0.244 e. The molecule has 0 bridgehead atoms. The molecule has 1 aliphatic heterocycles. The van der Waals surface area contributed by atoms with Crippen molar-refractivity contribution in [2.45, 2.75) is 12.5 Å². The summed E-state index contributed by atoms with van der Waals surface area (Å²) in [6, 6.07) is 18.9. The van der Waals surface area contributed by atoms with Crippen LogP contribution in [-0.4, -0.2) is 25.9 Å². The lowest BCUT2D eigenvalue weighted by Gasteiger charge is -2.24. The molecule has 2 aromatic heterocycles. The third-order valence-corrected chi connectivity index (χ3v) is 5.79. The van der Waals surface area contributed by atoms with Crippen molar-refractivity contribution in [3.8, 4) is 34.5 Å². The second-order valence-electron chi connectivity index (χ2n) is 7.71. The molecule has 5 rings (SSSR count). The molecule has 0 unspecified atom stereocenters. The minimum atomic E-state index is -0.657. The van der Waals surface area contributed by atoms with Crippen LogP contribution in [0, 0.1) is 11.3 Å². The van der Waals surface area contributed by atoms with E-state index in [-0.39, 0.29) is 23.9 Å². The minimum absolute atomic E-state index is 0.0455. The highest BCUT2D eigenvalue weighted by Crippen LogP contribution is 2.47. The molecule has 1 amide bonds. The number of primary amides is 1. The molecule has 0 radical (unpaired) electrons. The number of allylic oxidation sites excluding steroid dienone is 1. The number of rotatable bonds is 5. The fraction of sp³-hybridized carbons (Fsp3) is 0.0833. The molecule has 168 valence electrons. The van der Waals surface area contributed by atoms with Gasteiger partial charge in [0.05, 0.1) is 22.9 Å². The first-order valence-corrected chi connectivity index (χ1v) is 10.7. The van der Waals surface area contributed by atoms with Gasteiger partial charge in [0.1, 0.15) is 18.2 Å². The van der Waals surface area contributed by atoms with Crippen molar-refractivity contribution in [3.63, 3.8) is 0 Å². The summed E-state index contributed by atoms with van der Waals surface area (Å²) in [5, 5.41) is 22.6. The molecule has 34 heavy (non-hydrogen) atoms. The summed E-state index contributed by atoms with van der Waals surface area (Å²) in [4.78, 5) is 11.6. The number of halogens is 1. The maximum atomic E-state index is 11.6. The van der Waals surface area contributed by atoms with Gasteiger partial charge in [-0.25, -0.2) is 0 Å². The number of hydrogen-bond acceptors (Lipinski definition) is 6. The third kappa shape index (κ3) is 3.66. The fourth-order valence-corrected chi connectivity index (χ4v) is 4.23. The highest BCUT2D eigenvalue weighted by atomic mass is 35.5. The van der Waals surface area contributed by atoms with Crippen LogP contribution in [-0.2, 0) is 11.3 Å². The van der Waals surface area contributed by atoms with Crippen LogP contribution in [0.5, 0.6) is 5.88 Å². The molecule has 3 heterocycles. The predicted molar refractivity (Wildman–Crippen MR) is 125 cm³/mol. The first kappa shape index (κ1) is 21.3. The number of carbonyl (C=O) groups is 1. The van der Waals surface area contributed by atoms with Gasteiger partial charge in [0.15, 0.2) is 0 Å². The summed E-state index contributed by atoms with van der Waals surface area (Å²) < 4.78 is 7.16. The number of benzene rings is 2. The molecular weight excluding hydrogens is 454 g/mol. The van der Waals surface area contributed by atoms with Gasteiger partial charge in [-0.1, -0.05) is 54.1 Å². The van der Waals surface area contributed by atoms with E-state index >= 15 is 0 Å². The number of nitrogens with two attached hydrogens (primary N) is 2. The van der Waals surface area contributed by atoms with Crippen molar-refractivity contribution in [2.24, 2.45) is 11.5 Å². The number of hydrogen-bond donors (Lipinski definition) is 3. The fourth-order valence-electron chi connectivity index (χ4n) is 4.10. The highest BCUT2D eigenvalue weighted by Gasteiger charge is 2.38. The Balaban J connectivity index is 1.76. The van der Waals surface area contributed by atoms with Crippen LogP contribution in [0.2, 0.25) is 5.02 Å². The monoisotopic (exact) mass is 471 g/mol. The van der Waals surface area contributed by atoms with Crippen LogP contribution >= 0.6 is 11.6 Å². The Morgan fingerprint density at radius 1 is 1.18 bits per heavy atom. The quantitative estimate of drug-likeness (QED) is 0.406. The average molecular weight is 472 g/mol. The van der Waals surface area contributed by atoms with E-state index in [4.69, 9.17) is 27.8 Å². The minimum Gasteiger partial charge on any atom is -0.420 e. The number of ether oxygens (including phenoxy) is 1. The lowest BCUT2D eigenvalue weighted by molar-refractivity contribution is -0.118. The van der Waals surface area contributed by atoms with E-state index in [1.54, 1.807) is 18.3 Å². The maximum absolute atomic E-state index is 11.6. The van der Waals surface area contributed by atoms with Crippen LogP contribution in [0.4, 0.5) is 0 Å². The molecule has 0 spiro atoms. The molecule has 9 nitrogen and oxygen atoms in total. The van der Waals surface area contributed by atoms with Gasteiger partial charge in [0, 0.05) is 27.9 Å². The van der Waals surface area contributed by atoms with Crippen molar-refractivity contribution in [3.05, 3.63) is 88.4 Å². The van der Waals surface area contributed by atoms with E-state index < -0.39 is 11.8 Å². The number of nitrogens with one attached hydrogen (secondary N) is 1. The Labute approximate surface area is 199 Å². The lowest BCUT2D eigenvalue weighted by Crippen LogP contribution is -2.21. The van der Waals surface area contributed by atoms with Crippen LogP contribution in [0.15, 0.2) is 72.3 Å². The molecular formula is C24H18ClN7O2. The van der Waals surface area contributed by atoms with Crippen molar-refractivity contribution >= 4 is 17.5 Å². The van der Waals surface area contributed by atoms with Gasteiger partial charge in [0.2, 0.25) is 17.7 Å². The number of carbonyl (C=O) groups excluding carboxylic acids is 1. The van der Waals surface area contributed by atoms with Crippen LogP contribution in [0.1, 0.15) is 17.0 Å². The Kier molecular flexibility index (Phi) is 5.28. The molecule has 0 saturated heterocycles. The average Bonchev–Trinajstić information content (AvgIpc) is 3.43. The largest absolute Gasteiger partial charge is 0.420 e. The lowest BCUT2D eigenvalue weighted by atomic mass is 9.82. The third-order valence-electron chi connectivity index (χ3n) is 5.54. The van der Waals surface area contributed by atoms with Gasteiger partial charge in [-0.2, -0.15) is 10.4 Å². The van der Waals surface area contributed by atoms with Crippen molar-refractivity contribution < 1.29 is 9.53 Å². The van der Waals surface area contributed by atoms with Gasteiger partial charge < -0.3 is 16.2 Å². The molecule has 1 aliphatic rings. The Bertz CT molecular complexity index is 1460. The second kappa shape index (κ2) is 8.42. The Morgan fingerprint density at radius 2 is 1.91 bits per heavy atom. The van der Waals surface area contributed by atoms with Crippen molar-refractivity contribution in [1.29, 1.82) is 5.26 Å². The molecule has 0 fully saturated rings. The van der Waals surface area contributed by atoms with Crippen molar-refractivity contribution in [1.82, 2.24) is 20.0 Å². The molecule has 1 atom stereocenters. The molecule has 0 saturated carbocycles. The molecule has 4 aromatic rings. The second-order valence-corrected chi connectivity index (χ2v) is 8.15. The molecule has 10 heteroatoms. The van der Waals surface area contributed by atoms with Crippen LogP contribution in [0.25, 0.3) is 22.5 Å². The summed E-state index contributed by atoms with van der Waals surface area (Å²) in [7, 11) is 0. The SMILES string of the molecule is N#CC1=C(N)Oc2n[nH]c(-c3ccc(Cl)cc3)c2[C@@H]1c1cn(CC(N)=O)nc1-c1ccccc1. The highest BCUT2D eigenvalue weighted by molar-refractivity contribution is 6.30. The zero-order chi connectivity index (χ0) is 23.8. The van der Waals surface area contributed by atoms with E-state index in [0.29, 0.717) is 27.5 Å². The standard InChI is InChI=1S/C24H18ClN7O2/c25-15-8-6-14(7-9-15)22-20-19(16(10-26)23(28)34-24(20)30-29-22)17-11-32(12-18(27)33)31-21(17)13-4-2-1-3-5-13/h1-9,11,19H,12,28H2,(H2,27,33)(H,29,30)/t19-/m0/s1. The van der Waals surface area contributed by atoms with Crippen LogP contribution < -0.4 is 16.2 Å². The number of amides is 1. The summed E-state index contributed by atoms with van der Waals surface area (Å²) >= 11 is 6.07. The van der Waals surface area contributed by atoms with Gasteiger partial charge in [-0.05, 0) is 12.1 Å². The molecule has 0 aliphatic carbocycles. The Hall–Kier alpha value is -4.55. The molecule has 2 aromatic carbocycles. The first-order chi connectivity index (χ1) is 16.5. The number of fused-ring (bicyclic) bond motifs is 1. The first-order valence-electron chi connectivity index (χ1n) is 10.3. The number of nitriles is 1. The van der Waals surface area contributed by atoms with E-state index in [2.05, 4.69) is 21.4 Å². The number of aromatic amines is 1. The summed E-state index contributed by atoms with van der Waals surface area (Å²) in [5.41, 5.74) is 15.9. The van der Waals surface area contributed by atoms with Crippen molar-refractivity contribution in [2.75, 3.05) is 0 Å². The Morgan fingerprint density at radius 3 is 2.59 bits per heavy atom. The van der Waals surface area contributed by atoms with Gasteiger partial charge in [-0.3, -0.25) is 14.6 Å². The summed E-state index contributed by atoms with van der Waals surface area (Å²) in [6.07, 6.45) is 1.70. The predicted octanol–water partition coefficient (Wildman–Crippen LogP) is 3.30. The van der Waals surface area contributed by atoms with E-state index in [9.17, 15) is 10.1 Å². The topological polar surface area (TPSA) is 149 Å². The van der Waals surface area contributed by atoms with Crippen LogP contribution in [0.3, 0.4) is 0 Å². The van der Waals surface area contributed by atoms with E-state index in [1.807, 2.05) is 42.5 Å². The normalized spacial score (nSPS) is 14.9. The van der Waals surface area contributed by atoms with Gasteiger partial charge in [-0.15, -0.1) is 5.10 Å².